The lowest BCUT2D eigenvalue weighted by molar-refractivity contribution is -0.128. The molecule has 0 aromatic carbocycles. The van der Waals surface area contributed by atoms with Crippen molar-refractivity contribution in [3.8, 4) is 0 Å². The maximum absolute atomic E-state index is 11.4. The third-order valence-electron chi connectivity index (χ3n) is 2.12. The summed E-state index contributed by atoms with van der Waals surface area (Å²) in [5.41, 5.74) is 0. The zero-order valence-corrected chi connectivity index (χ0v) is 8.84. The van der Waals surface area contributed by atoms with Gasteiger partial charge in [-0.3, -0.25) is 4.79 Å². The first-order valence-corrected chi connectivity index (χ1v) is 5.10. The van der Waals surface area contributed by atoms with E-state index in [4.69, 9.17) is 5.11 Å². The van der Waals surface area contributed by atoms with Crippen molar-refractivity contribution in [1.29, 1.82) is 0 Å². The van der Waals surface area contributed by atoms with Gasteiger partial charge in [0.25, 0.3) is 0 Å². The number of aliphatic hydroxyl groups excluding tert-OH is 1. The molecule has 3 nitrogen and oxygen atoms in total. The highest BCUT2D eigenvalue weighted by Gasteiger charge is 2.16. The fourth-order valence-corrected chi connectivity index (χ4v) is 1.29. The highest BCUT2D eigenvalue weighted by Crippen LogP contribution is 2.12. The smallest absolute Gasteiger partial charge is 0.225 e. The number of nitrogens with one attached hydrogen (secondary N) is 1. The molecule has 2 N–H and O–H groups in total. The van der Waals surface area contributed by atoms with Crippen LogP contribution in [0.3, 0.4) is 0 Å². The van der Waals surface area contributed by atoms with Crippen molar-refractivity contribution in [2.75, 3.05) is 0 Å². The molecule has 13 heavy (non-hydrogen) atoms. The Kier molecular flexibility index (Phi) is 6.59. The van der Waals surface area contributed by atoms with E-state index < -0.39 is 6.23 Å². The van der Waals surface area contributed by atoms with E-state index >= 15 is 0 Å². The van der Waals surface area contributed by atoms with Gasteiger partial charge in [0.2, 0.25) is 5.91 Å². The van der Waals surface area contributed by atoms with E-state index in [1.54, 1.807) is 6.92 Å². The standard InChI is InChI=1S/C10H21NO2/c1-4-6-7-9(5-2)10(13)11-8(3)12/h8-9,12H,4-7H2,1-3H3,(H,11,13). The molecule has 0 bridgehead atoms. The van der Waals surface area contributed by atoms with Crippen LogP contribution in [0, 0.1) is 5.92 Å². The molecule has 0 aliphatic carbocycles. The lowest BCUT2D eigenvalue weighted by atomic mass is 9.98. The maximum Gasteiger partial charge on any atom is 0.225 e. The van der Waals surface area contributed by atoms with Gasteiger partial charge in [0.15, 0.2) is 0 Å². The molecule has 0 aliphatic heterocycles. The SMILES string of the molecule is CCCCC(CC)C(=O)NC(C)O. The van der Waals surface area contributed by atoms with Gasteiger partial charge in [-0.2, -0.15) is 0 Å². The van der Waals surface area contributed by atoms with Gasteiger partial charge in [0, 0.05) is 5.92 Å². The molecule has 78 valence electrons. The summed E-state index contributed by atoms with van der Waals surface area (Å²) in [7, 11) is 0. The van der Waals surface area contributed by atoms with Crippen LogP contribution in [-0.2, 0) is 4.79 Å². The maximum atomic E-state index is 11.4. The minimum atomic E-state index is -0.733. The number of hydrogen-bond acceptors (Lipinski definition) is 2. The summed E-state index contributed by atoms with van der Waals surface area (Å²) in [5, 5.41) is 11.5. The Hall–Kier alpha value is -0.570. The second-order valence-electron chi connectivity index (χ2n) is 3.43. The second-order valence-corrected chi connectivity index (χ2v) is 3.43. The van der Waals surface area contributed by atoms with Crippen LogP contribution >= 0.6 is 0 Å². The van der Waals surface area contributed by atoms with Crippen molar-refractivity contribution in [2.24, 2.45) is 5.92 Å². The highest BCUT2D eigenvalue weighted by molar-refractivity contribution is 5.78. The molecular weight excluding hydrogens is 166 g/mol. The summed E-state index contributed by atoms with van der Waals surface area (Å²) < 4.78 is 0. The first-order chi connectivity index (χ1) is 6.11. The summed E-state index contributed by atoms with van der Waals surface area (Å²) in [6.07, 6.45) is 3.22. The fraction of sp³-hybridized carbons (Fsp3) is 0.900. The number of aliphatic hydroxyl groups is 1. The summed E-state index contributed by atoms with van der Waals surface area (Å²) in [6.45, 7) is 5.67. The Morgan fingerprint density at radius 1 is 1.46 bits per heavy atom. The zero-order valence-electron chi connectivity index (χ0n) is 8.84. The first kappa shape index (κ1) is 12.4. The quantitative estimate of drug-likeness (QED) is 0.621. The van der Waals surface area contributed by atoms with Crippen LogP contribution in [0.25, 0.3) is 0 Å². The van der Waals surface area contributed by atoms with Gasteiger partial charge in [-0.15, -0.1) is 0 Å². The number of rotatable bonds is 6. The Bertz CT molecular complexity index is 146. The minimum absolute atomic E-state index is 0.0223. The van der Waals surface area contributed by atoms with Crippen LogP contribution in [0.2, 0.25) is 0 Å². The van der Waals surface area contributed by atoms with Gasteiger partial charge in [-0.25, -0.2) is 0 Å². The molecule has 0 aromatic rings. The highest BCUT2D eigenvalue weighted by atomic mass is 16.3. The van der Waals surface area contributed by atoms with E-state index in [9.17, 15) is 4.79 Å². The molecule has 0 aliphatic rings. The average Bonchev–Trinajstić information content (AvgIpc) is 2.04. The Balaban J connectivity index is 3.84. The first-order valence-electron chi connectivity index (χ1n) is 5.10. The third kappa shape index (κ3) is 5.64. The van der Waals surface area contributed by atoms with Crippen LogP contribution in [0.4, 0.5) is 0 Å². The van der Waals surface area contributed by atoms with Crippen LogP contribution in [-0.4, -0.2) is 17.2 Å². The van der Waals surface area contributed by atoms with Gasteiger partial charge in [0.1, 0.15) is 6.23 Å². The molecule has 0 rings (SSSR count). The Morgan fingerprint density at radius 3 is 2.46 bits per heavy atom. The van der Waals surface area contributed by atoms with Gasteiger partial charge in [-0.05, 0) is 19.8 Å². The Labute approximate surface area is 80.5 Å². The van der Waals surface area contributed by atoms with Gasteiger partial charge < -0.3 is 10.4 Å². The molecule has 1 amide bonds. The number of carbonyl (C=O) groups excluding carboxylic acids is 1. The third-order valence-corrected chi connectivity index (χ3v) is 2.12. The molecule has 0 aromatic heterocycles. The largest absolute Gasteiger partial charge is 0.374 e. The number of unbranched alkanes of at least 4 members (excludes halogenated alkanes) is 1. The molecule has 0 saturated heterocycles. The van der Waals surface area contributed by atoms with Gasteiger partial charge >= 0.3 is 0 Å². The minimum Gasteiger partial charge on any atom is -0.374 e. The van der Waals surface area contributed by atoms with E-state index in [1.807, 2.05) is 6.92 Å². The Morgan fingerprint density at radius 2 is 2.08 bits per heavy atom. The van der Waals surface area contributed by atoms with E-state index in [0.717, 1.165) is 25.7 Å². The van der Waals surface area contributed by atoms with E-state index in [0.29, 0.717) is 0 Å². The summed E-state index contributed by atoms with van der Waals surface area (Å²) in [5.74, 6) is 0.0421. The normalized spacial score (nSPS) is 15.1. The van der Waals surface area contributed by atoms with E-state index in [2.05, 4.69) is 12.2 Å². The summed E-state index contributed by atoms with van der Waals surface area (Å²) in [6, 6.07) is 0. The van der Waals surface area contributed by atoms with Crippen molar-refractivity contribution >= 4 is 5.91 Å². The number of carbonyl (C=O) groups is 1. The second kappa shape index (κ2) is 6.89. The molecule has 0 heterocycles. The lowest BCUT2D eigenvalue weighted by Crippen LogP contribution is -2.36. The average molecular weight is 187 g/mol. The van der Waals surface area contributed by atoms with Crippen LogP contribution in [0.15, 0.2) is 0 Å². The predicted octanol–water partition coefficient (Wildman–Crippen LogP) is 1.66. The van der Waals surface area contributed by atoms with Crippen LogP contribution in [0.1, 0.15) is 46.5 Å². The molecule has 0 spiro atoms. The summed E-state index contributed by atoms with van der Waals surface area (Å²) >= 11 is 0. The predicted molar refractivity (Wildman–Crippen MR) is 53.1 cm³/mol. The van der Waals surface area contributed by atoms with Gasteiger partial charge in [0.05, 0.1) is 0 Å². The van der Waals surface area contributed by atoms with E-state index in [-0.39, 0.29) is 11.8 Å². The molecule has 0 fully saturated rings. The lowest BCUT2D eigenvalue weighted by Gasteiger charge is -2.15. The topological polar surface area (TPSA) is 49.3 Å². The number of amides is 1. The fourth-order valence-electron chi connectivity index (χ4n) is 1.29. The van der Waals surface area contributed by atoms with Gasteiger partial charge in [-0.1, -0.05) is 26.7 Å². The zero-order chi connectivity index (χ0) is 10.3. The van der Waals surface area contributed by atoms with Crippen LogP contribution < -0.4 is 5.32 Å². The van der Waals surface area contributed by atoms with Crippen molar-refractivity contribution in [3.63, 3.8) is 0 Å². The monoisotopic (exact) mass is 187 g/mol. The molecule has 0 radical (unpaired) electrons. The molecule has 3 heteroatoms. The molecule has 2 atom stereocenters. The molecular formula is C10H21NO2. The molecule has 0 saturated carbocycles. The van der Waals surface area contributed by atoms with Crippen molar-refractivity contribution in [2.45, 2.75) is 52.7 Å². The van der Waals surface area contributed by atoms with Crippen molar-refractivity contribution in [1.82, 2.24) is 5.32 Å². The van der Waals surface area contributed by atoms with Crippen LogP contribution in [0.5, 0.6) is 0 Å². The molecule has 2 unspecified atom stereocenters. The van der Waals surface area contributed by atoms with E-state index in [1.165, 1.54) is 0 Å². The van der Waals surface area contributed by atoms with Crippen molar-refractivity contribution in [3.05, 3.63) is 0 Å². The van der Waals surface area contributed by atoms with Crippen molar-refractivity contribution < 1.29 is 9.90 Å². The summed E-state index contributed by atoms with van der Waals surface area (Å²) in [4.78, 5) is 11.4. The number of hydrogen-bond donors (Lipinski definition) is 2.